The Balaban J connectivity index is 5.09. The van der Waals surface area contributed by atoms with Gasteiger partial charge in [0.25, 0.3) is 0 Å². The van der Waals surface area contributed by atoms with Gasteiger partial charge in [0.2, 0.25) is 0 Å². The van der Waals surface area contributed by atoms with E-state index in [1.165, 1.54) is 0 Å². The van der Waals surface area contributed by atoms with Crippen LogP contribution in [0, 0.1) is 0 Å². The molecule has 0 heterocycles. The van der Waals surface area contributed by atoms with Crippen molar-refractivity contribution in [2.75, 3.05) is 13.2 Å². The van der Waals surface area contributed by atoms with Gasteiger partial charge < -0.3 is 14.9 Å². The van der Waals surface area contributed by atoms with Crippen LogP contribution in [0.5, 0.6) is 0 Å². The zero-order valence-corrected chi connectivity index (χ0v) is 12.6. The average molecular weight is 275 g/mol. The molecule has 0 aromatic heterocycles. The SMILES string of the molecule is CC(C)(C)N(C(COCC(=O)O)C(=O)O)C(C)(C)C. The minimum atomic E-state index is -1.11. The van der Waals surface area contributed by atoms with Crippen LogP contribution >= 0.6 is 0 Å². The molecule has 0 radical (unpaired) electrons. The lowest BCUT2D eigenvalue weighted by Gasteiger charge is -2.48. The van der Waals surface area contributed by atoms with Gasteiger partial charge in [0.05, 0.1) is 6.61 Å². The van der Waals surface area contributed by atoms with E-state index in [9.17, 15) is 14.7 Å². The molecule has 19 heavy (non-hydrogen) atoms. The first-order valence-corrected chi connectivity index (χ1v) is 6.19. The van der Waals surface area contributed by atoms with E-state index in [0.717, 1.165) is 0 Å². The average Bonchev–Trinajstić information content (AvgIpc) is 2.10. The highest BCUT2D eigenvalue weighted by molar-refractivity contribution is 5.74. The zero-order chi connectivity index (χ0) is 15.4. The van der Waals surface area contributed by atoms with Gasteiger partial charge in [0.1, 0.15) is 12.6 Å². The van der Waals surface area contributed by atoms with Crippen LogP contribution in [0.15, 0.2) is 0 Å². The standard InChI is InChI=1S/C13H25NO5/c1-12(2,3)14(13(4,5)6)9(11(17)18)7-19-8-10(15)16/h9H,7-8H2,1-6H3,(H,15,16)(H,17,18). The number of rotatable bonds is 6. The highest BCUT2D eigenvalue weighted by Gasteiger charge is 2.40. The molecule has 6 nitrogen and oxygen atoms in total. The predicted octanol–water partition coefficient (Wildman–Crippen LogP) is 1.44. The molecule has 0 aromatic rings. The van der Waals surface area contributed by atoms with E-state index in [-0.39, 0.29) is 17.7 Å². The third kappa shape index (κ3) is 6.02. The van der Waals surface area contributed by atoms with E-state index >= 15 is 0 Å². The van der Waals surface area contributed by atoms with Crippen LogP contribution < -0.4 is 0 Å². The Morgan fingerprint density at radius 1 is 1.05 bits per heavy atom. The van der Waals surface area contributed by atoms with Crippen molar-refractivity contribution in [3.63, 3.8) is 0 Å². The first kappa shape index (κ1) is 17.9. The summed E-state index contributed by atoms with van der Waals surface area (Å²) >= 11 is 0. The third-order valence-electron chi connectivity index (χ3n) is 2.54. The summed E-state index contributed by atoms with van der Waals surface area (Å²) in [7, 11) is 0. The minimum absolute atomic E-state index is 0.157. The maximum absolute atomic E-state index is 11.4. The minimum Gasteiger partial charge on any atom is -0.480 e. The van der Waals surface area contributed by atoms with Crippen LogP contribution in [0.4, 0.5) is 0 Å². The van der Waals surface area contributed by atoms with Crippen molar-refractivity contribution < 1.29 is 24.5 Å². The fourth-order valence-corrected chi connectivity index (χ4v) is 2.46. The van der Waals surface area contributed by atoms with Gasteiger partial charge in [-0.05, 0) is 41.5 Å². The van der Waals surface area contributed by atoms with E-state index in [1.54, 1.807) is 0 Å². The number of ether oxygens (including phenoxy) is 1. The highest BCUT2D eigenvalue weighted by atomic mass is 16.5. The number of hydrogen-bond donors (Lipinski definition) is 2. The molecule has 1 atom stereocenters. The Morgan fingerprint density at radius 3 is 1.74 bits per heavy atom. The van der Waals surface area contributed by atoms with Gasteiger partial charge in [0, 0.05) is 11.1 Å². The second-order valence-electron chi connectivity index (χ2n) is 6.47. The van der Waals surface area contributed by atoms with Crippen LogP contribution in [0.25, 0.3) is 0 Å². The maximum atomic E-state index is 11.4. The Kier molecular flexibility index (Phi) is 5.96. The molecular formula is C13H25NO5. The van der Waals surface area contributed by atoms with Crippen LogP contribution in [-0.4, -0.2) is 57.4 Å². The first-order valence-electron chi connectivity index (χ1n) is 6.19. The normalized spacial score (nSPS) is 14.5. The highest BCUT2D eigenvalue weighted by Crippen LogP contribution is 2.28. The smallest absolute Gasteiger partial charge is 0.329 e. The van der Waals surface area contributed by atoms with Crippen molar-refractivity contribution in [2.24, 2.45) is 0 Å². The molecule has 0 saturated carbocycles. The van der Waals surface area contributed by atoms with Crippen LogP contribution in [0.3, 0.4) is 0 Å². The first-order chi connectivity index (χ1) is 8.37. The fourth-order valence-electron chi connectivity index (χ4n) is 2.46. The quantitative estimate of drug-likeness (QED) is 0.762. The van der Waals surface area contributed by atoms with Crippen molar-refractivity contribution in [2.45, 2.75) is 58.7 Å². The van der Waals surface area contributed by atoms with Gasteiger partial charge in [-0.3, -0.25) is 9.69 Å². The summed E-state index contributed by atoms with van der Waals surface area (Å²) in [6.45, 7) is 10.9. The lowest BCUT2D eigenvalue weighted by molar-refractivity contribution is -0.157. The van der Waals surface area contributed by atoms with Gasteiger partial charge in [-0.15, -0.1) is 0 Å². The molecule has 0 aliphatic rings. The van der Waals surface area contributed by atoms with Gasteiger partial charge in [0.15, 0.2) is 0 Å². The molecule has 0 spiro atoms. The Labute approximate surface area is 114 Å². The lowest BCUT2D eigenvalue weighted by atomic mass is 9.93. The summed E-state index contributed by atoms with van der Waals surface area (Å²) in [6.07, 6.45) is 0. The van der Waals surface area contributed by atoms with Crippen LogP contribution in [0.2, 0.25) is 0 Å². The Morgan fingerprint density at radius 2 is 1.47 bits per heavy atom. The lowest BCUT2D eigenvalue weighted by Crippen LogP contribution is -2.61. The predicted molar refractivity (Wildman–Crippen MR) is 71.2 cm³/mol. The number of nitrogens with zero attached hydrogens (tertiary/aromatic N) is 1. The van der Waals surface area contributed by atoms with Crippen LogP contribution in [0.1, 0.15) is 41.5 Å². The topological polar surface area (TPSA) is 87.1 Å². The Hall–Kier alpha value is -1.14. The Bertz CT molecular complexity index is 313. The molecule has 0 aliphatic heterocycles. The van der Waals surface area contributed by atoms with E-state index in [2.05, 4.69) is 0 Å². The van der Waals surface area contributed by atoms with Gasteiger partial charge in [-0.1, -0.05) is 0 Å². The number of carboxylic acid groups (broad SMARTS) is 2. The molecular weight excluding hydrogens is 250 g/mol. The molecule has 0 amide bonds. The molecule has 112 valence electrons. The molecule has 0 saturated heterocycles. The number of hydrogen-bond acceptors (Lipinski definition) is 4. The summed E-state index contributed by atoms with van der Waals surface area (Å²) in [5, 5.41) is 17.9. The van der Waals surface area contributed by atoms with Gasteiger partial charge in [-0.2, -0.15) is 0 Å². The summed E-state index contributed by atoms with van der Waals surface area (Å²) in [5.74, 6) is -2.13. The van der Waals surface area contributed by atoms with E-state index < -0.39 is 24.6 Å². The van der Waals surface area contributed by atoms with Crippen molar-refractivity contribution in [3.05, 3.63) is 0 Å². The maximum Gasteiger partial charge on any atom is 0.329 e. The summed E-state index contributed by atoms with van der Waals surface area (Å²) in [5.41, 5.74) is -0.762. The molecule has 0 aromatic carbocycles. The van der Waals surface area contributed by atoms with Crippen molar-refractivity contribution in [1.29, 1.82) is 0 Å². The van der Waals surface area contributed by atoms with Crippen molar-refractivity contribution in [1.82, 2.24) is 4.90 Å². The monoisotopic (exact) mass is 275 g/mol. The third-order valence-corrected chi connectivity index (χ3v) is 2.54. The van der Waals surface area contributed by atoms with E-state index in [4.69, 9.17) is 9.84 Å². The van der Waals surface area contributed by atoms with Crippen molar-refractivity contribution >= 4 is 11.9 Å². The van der Waals surface area contributed by atoms with Gasteiger partial charge in [-0.25, -0.2) is 4.79 Å². The van der Waals surface area contributed by atoms with E-state index in [0.29, 0.717) is 0 Å². The molecule has 0 fully saturated rings. The second kappa shape index (κ2) is 6.34. The molecule has 0 aliphatic carbocycles. The second-order valence-corrected chi connectivity index (χ2v) is 6.47. The van der Waals surface area contributed by atoms with Crippen molar-refractivity contribution in [3.8, 4) is 0 Å². The zero-order valence-electron chi connectivity index (χ0n) is 12.6. The molecule has 1 unspecified atom stereocenters. The number of carbonyl (C=O) groups is 2. The fraction of sp³-hybridized carbons (Fsp3) is 0.846. The number of carboxylic acids is 2. The summed E-state index contributed by atoms with van der Waals surface area (Å²) < 4.78 is 4.97. The largest absolute Gasteiger partial charge is 0.480 e. The van der Waals surface area contributed by atoms with E-state index in [1.807, 2.05) is 46.4 Å². The van der Waals surface area contributed by atoms with Gasteiger partial charge >= 0.3 is 11.9 Å². The molecule has 0 bridgehead atoms. The summed E-state index contributed by atoms with van der Waals surface area (Å²) in [6, 6.07) is -0.889. The summed E-state index contributed by atoms with van der Waals surface area (Å²) in [4.78, 5) is 23.7. The number of aliphatic carboxylic acids is 2. The molecule has 0 rings (SSSR count). The molecule has 2 N–H and O–H groups in total. The molecule has 6 heteroatoms. The van der Waals surface area contributed by atoms with Crippen LogP contribution in [-0.2, 0) is 14.3 Å².